The quantitative estimate of drug-likeness (QED) is 0.573. The van der Waals surface area contributed by atoms with Crippen LogP contribution in [-0.2, 0) is 15.3 Å². The zero-order valence-corrected chi connectivity index (χ0v) is 11.1. The van der Waals surface area contributed by atoms with Crippen molar-refractivity contribution in [3.05, 3.63) is 5.89 Å². The lowest BCUT2D eigenvalue weighted by Gasteiger charge is -2.08. The van der Waals surface area contributed by atoms with Crippen LogP contribution in [0.2, 0.25) is 0 Å². The molecule has 90 valence electrons. The zero-order valence-electron chi connectivity index (χ0n) is 9.43. The Morgan fingerprint density at radius 2 is 2.31 bits per heavy atom. The summed E-state index contributed by atoms with van der Waals surface area (Å²) in [6, 6.07) is 0. The van der Waals surface area contributed by atoms with E-state index < -0.39 is 0 Å². The van der Waals surface area contributed by atoms with E-state index in [-0.39, 0.29) is 11.2 Å². The van der Waals surface area contributed by atoms with Gasteiger partial charge in [-0.05, 0) is 12.7 Å². The summed E-state index contributed by atoms with van der Waals surface area (Å²) < 4.78 is 10.0. The fourth-order valence-corrected chi connectivity index (χ4v) is 2.22. The number of methoxy groups -OCH3 is 1. The summed E-state index contributed by atoms with van der Waals surface area (Å²) in [5.41, 5.74) is 0. The van der Waals surface area contributed by atoms with Crippen LogP contribution >= 0.6 is 23.5 Å². The predicted molar refractivity (Wildman–Crippen MR) is 63.5 cm³/mol. The molecule has 0 bridgehead atoms. The third-order valence-corrected chi connectivity index (χ3v) is 3.51. The number of nitrogens with zero attached hydrogens (tertiary/aromatic N) is 2. The summed E-state index contributed by atoms with van der Waals surface area (Å²) in [4.78, 5) is 11.3. The SMILES string of the molecule is CC[C@@H](Sc1nnc(CSC)o1)C(=O)OC. The van der Waals surface area contributed by atoms with E-state index in [0.29, 0.717) is 23.3 Å². The Morgan fingerprint density at radius 3 is 2.88 bits per heavy atom. The molecule has 0 saturated heterocycles. The fourth-order valence-electron chi connectivity index (χ4n) is 1.02. The van der Waals surface area contributed by atoms with Crippen molar-refractivity contribution >= 4 is 29.5 Å². The average molecular weight is 262 g/mol. The van der Waals surface area contributed by atoms with Crippen LogP contribution in [0.4, 0.5) is 0 Å². The number of carbonyl (C=O) groups excluding carboxylic acids is 1. The molecule has 1 aromatic rings. The van der Waals surface area contributed by atoms with Gasteiger partial charge in [0.1, 0.15) is 5.25 Å². The van der Waals surface area contributed by atoms with Gasteiger partial charge in [0.25, 0.3) is 5.22 Å². The normalized spacial score (nSPS) is 12.4. The molecule has 1 atom stereocenters. The highest BCUT2D eigenvalue weighted by Crippen LogP contribution is 2.25. The van der Waals surface area contributed by atoms with Crippen LogP contribution in [0.25, 0.3) is 0 Å². The van der Waals surface area contributed by atoms with Gasteiger partial charge in [0, 0.05) is 0 Å². The molecule has 0 aliphatic carbocycles. The summed E-state index contributed by atoms with van der Waals surface area (Å²) in [6.07, 6.45) is 2.62. The molecule has 0 unspecified atom stereocenters. The van der Waals surface area contributed by atoms with Crippen LogP contribution in [-0.4, -0.2) is 34.8 Å². The van der Waals surface area contributed by atoms with E-state index in [2.05, 4.69) is 14.9 Å². The molecule has 5 nitrogen and oxygen atoms in total. The van der Waals surface area contributed by atoms with Gasteiger partial charge in [0.15, 0.2) is 0 Å². The Balaban J connectivity index is 2.59. The molecule has 0 aromatic carbocycles. The lowest BCUT2D eigenvalue weighted by atomic mass is 10.3. The topological polar surface area (TPSA) is 65.2 Å². The largest absolute Gasteiger partial charge is 0.468 e. The summed E-state index contributed by atoms with van der Waals surface area (Å²) in [7, 11) is 1.37. The monoisotopic (exact) mass is 262 g/mol. The molecule has 7 heteroatoms. The number of hydrogen-bond donors (Lipinski definition) is 0. The second-order valence-corrected chi connectivity index (χ2v) is 4.95. The van der Waals surface area contributed by atoms with E-state index in [1.807, 2.05) is 13.2 Å². The Kier molecular flexibility index (Phi) is 5.68. The molecule has 0 aliphatic heterocycles. The number of carbonyl (C=O) groups is 1. The standard InChI is InChI=1S/C9H14N2O3S2/c1-4-6(8(12)13-2)16-9-11-10-7(14-9)5-15-3/h6H,4-5H2,1-3H3/t6-/m1/s1. The highest BCUT2D eigenvalue weighted by molar-refractivity contribution is 8.00. The smallest absolute Gasteiger partial charge is 0.319 e. The van der Waals surface area contributed by atoms with Gasteiger partial charge in [-0.25, -0.2) is 0 Å². The van der Waals surface area contributed by atoms with Crippen LogP contribution in [0.5, 0.6) is 0 Å². The predicted octanol–water partition coefficient (Wildman–Crippen LogP) is 1.98. The summed E-state index contributed by atoms with van der Waals surface area (Å²) >= 11 is 2.85. The molecular weight excluding hydrogens is 248 g/mol. The molecule has 0 spiro atoms. The summed E-state index contributed by atoms with van der Waals surface area (Å²) in [5, 5.41) is 7.87. The van der Waals surface area contributed by atoms with Gasteiger partial charge >= 0.3 is 5.97 Å². The van der Waals surface area contributed by atoms with E-state index >= 15 is 0 Å². The second-order valence-electron chi connectivity index (χ2n) is 2.93. The van der Waals surface area contributed by atoms with E-state index in [1.165, 1.54) is 18.9 Å². The van der Waals surface area contributed by atoms with Crippen LogP contribution in [0.1, 0.15) is 19.2 Å². The number of esters is 1. The highest BCUT2D eigenvalue weighted by Gasteiger charge is 2.21. The van der Waals surface area contributed by atoms with Crippen molar-refractivity contribution < 1.29 is 13.9 Å². The Labute approximate surface area is 103 Å². The number of aromatic nitrogens is 2. The van der Waals surface area contributed by atoms with Crippen LogP contribution in [0, 0.1) is 0 Å². The van der Waals surface area contributed by atoms with Gasteiger partial charge in [-0.2, -0.15) is 11.8 Å². The lowest BCUT2D eigenvalue weighted by Crippen LogP contribution is -2.17. The summed E-state index contributed by atoms with van der Waals surface area (Å²) in [6.45, 7) is 1.91. The van der Waals surface area contributed by atoms with Gasteiger partial charge in [0.2, 0.25) is 5.89 Å². The number of ether oxygens (including phenoxy) is 1. The first-order chi connectivity index (χ1) is 7.71. The Hall–Kier alpha value is -0.690. The molecule has 16 heavy (non-hydrogen) atoms. The molecule has 1 aromatic heterocycles. The summed E-state index contributed by atoms with van der Waals surface area (Å²) in [5.74, 6) is 0.995. The molecule has 0 amide bonds. The fraction of sp³-hybridized carbons (Fsp3) is 0.667. The minimum atomic E-state index is -0.285. The first kappa shape index (κ1) is 13.4. The highest BCUT2D eigenvalue weighted by atomic mass is 32.2. The third kappa shape index (κ3) is 3.71. The van der Waals surface area contributed by atoms with Crippen molar-refractivity contribution in [2.24, 2.45) is 0 Å². The molecule has 1 heterocycles. The molecule has 0 radical (unpaired) electrons. The van der Waals surface area contributed by atoms with Crippen molar-refractivity contribution in [3.63, 3.8) is 0 Å². The molecular formula is C9H14N2O3S2. The maximum Gasteiger partial charge on any atom is 0.319 e. The Bertz CT molecular complexity index is 343. The van der Waals surface area contributed by atoms with E-state index in [0.717, 1.165) is 0 Å². The first-order valence-electron chi connectivity index (χ1n) is 4.77. The van der Waals surface area contributed by atoms with Gasteiger partial charge < -0.3 is 9.15 Å². The lowest BCUT2D eigenvalue weighted by molar-refractivity contribution is -0.140. The van der Waals surface area contributed by atoms with Crippen LogP contribution in [0.15, 0.2) is 9.64 Å². The number of thioether (sulfide) groups is 2. The van der Waals surface area contributed by atoms with E-state index in [1.54, 1.807) is 11.8 Å². The Morgan fingerprint density at radius 1 is 1.56 bits per heavy atom. The van der Waals surface area contributed by atoms with Crippen molar-refractivity contribution in [2.45, 2.75) is 29.6 Å². The maximum atomic E-state index is 11.3. The van der Waals surface area contributed by atoms with Crippen LogP contribution < -0.4 is 0 Å². The molecule has 0 aliphatic rings. The van der Waals surface area contributed by atoms with Crippen LogP contribution in [0.3, 0.4) is 0 Å². The average Bonchev–Trinajstić information content (AvgIpc) is 2.73. The number of hydrogen-bond acceptors (Lipinski definition) is 7. The zero-order chi connectivity index (χ0) is 12.0. The van der Waals surface area contributed by atoms with Crippen molar-refractivity contribution in [1.82, 2.24) is 10.2 Å². The minimum absolute atomic E-state index is 0.267. The van der Waals surface area contributed by atoms with E-state index in [9.17, 15) is 4.79 Å². The third-order valence-electron chi connectivity index (χ3n) is 1.79. The molecule has 0 saturated carbocycles. The first-order valence-corrected chi connectivity index (χ1v) is 7.04. The van der Waals surface area contributed by atoms with Crippen molar-refractivity contribution in [3.8, 4) is 0 Å². The molecule has 0 N–H and O–H groups in total. The van der Waals surface area contributed by atoms with Crippen molar-refractivity contribution in [2.75, 3.05) is 13.4 Å². The molecule has 1 rings (SSSR count). The van der Waals surface area contributed by atoms with Gasteiger partial charge in [0.05, 0.1) is 12.9 Å². The van der Waals surface area contributed by atoms with Gasteiger partial charge in [-0.15, -0.1) is 10.2 Å². The minimum Gasteiger partial charge on any atom is -0.468 e. The second kappa shape index (κ2) is 6.80. The molecule has 0 fully saturated rings. The maximum absolute atomic E-state index is 11.3. The van der Waals surface area contributed by atoms with Gasteiger partial charge in [-0.1, -0.05) is 18.7 Å². The van der Waals surface area contributed by atoms with Gasteiger partial charge in [-0.3, -0.25) is 4.79 Å². The number of rotatable bonds is 6. The van der Waals surface area contributed by atoms with Crippen molar-refractivity contribution in [1.29, 1.82) is 0 Å². The van der Waals surface area contributed by atoms with E-state index in [4.69, 9.17) is 4.42 Å².